The molecular formula is C23H36N2O3S2. The monoisotopic (exact) mass is 452 g/mol. The molecule has 30 heavy (non-hydrogen) atoms. The van der Waals surface area contributed by atoms with Gasteiger partial charge in [0.25, 0.3) is 5.91 Å². The molecule has 1 amide bonds. The van der Waals surface area contributed by atoms with Crippen molar-refractivity contribution < 1.29 is 13.2 Å². The molecule has 0 bridgehead atoms. The van der Waals surface area contributed by atoms with Crippen LogP contribution in [0.2, 0.25) is 0 Å². The molecule has 2 saturated heterocycles. The van der Waals surface area contributed by atoms with Crippen molar-refractivity contribution in [2.75, 3.05) is 31.1 Å². The Morgan fingerprint density at radius 3 is 2.47 bits per heavy atom. The van der Waals surface area contributed by atoms with Crippen LogP contribution in [0.25, 0.3) is 0 Å². The second kappa shape index (κ2) is 10.5. The number of unbranched alkanes of at least 4 members (excludes halogenated alkanes) is 5. The molecule has 168 valence electrons. The number of hydrogen-bond donors (Lipinski definition) is 0. The molecule has 7 heteroatoms. The van der Waals surface area contributed by atoms with E-state index in [0.29, 0.717) is 25.9 Å². The maximum Gasteiger partial charge on any atom is 0.255 e. The molecule has 0 aliphatic carbocycles. The first kappa shape index (κ1) is 23.6. The number of carbonyl (C=O) groups excluding carboxylic acids is 1. The van der Waals surface area contributed by atoms with E-state index in [1.165, 1.54) is 19.3 Å². The summed E-state index contributed by atoms with van der Waals surface area (Å²) in [5, 5.41) is 0. The lowest BCUT2D eigenvalue weighted by Gasteiger charge is -2.43. The van der Waals surface area contributed by atoms with Crippen molar-refractivity contribution in [3.05, 3.63) is 35.4 Å². The third-order valence-corrected chi connectivity index (χ3v) is 9.85. The summed E-state index contributed by atoms with van der Waals surface area (Å²) in [7, 11) is -3.20. The average Bonchev–Trinajstić information content (AvgIpc) is 3.13. The molecule has 0 aromatic heterocycles. The maximum atomic E-state index is 13.2. The largest absolute Gasteiger partial charge is 0.323 e. The fourth-order valence-electron chi connectivity index (χ4n) is 4.55. The number of piperidine rings is 1. The van der Waals surface area contributed by atoms with Gasteiger partial charge in [0.15, 0.2) is 0 Å². The van der Waals surface area contributed by atoms with Gasteiger partial charge in [-0.3, -0.25) is 4.79 Å². The van der Waals surface area contributed by atoms with Crippen molar-refractivity contribution in [1.29, 1.82) is 0 Å². The van der Waals surface area contributed by atoms with Crippen molar-refractivity contribution in [3.63, 3.8) is 0 Å². The highest BCUT2D eigenvalue weighted by molar-refractivity contribution is 8.00. The summed E-state index contributed by atoms with van der Waals surface area (Å²) < 4.78 is 27.2. The van der Waals surface area contributed by atoms with E-state index in [9.17, 15) is 13.2 Å². The lowest BCUT2D eigenvalue weighted by Crippen LogP contribution is -2.53. The van der Waals surface area contributed by atoms with Crippen molar-refractivity contribution in [2.45, 2.75) is 70.1 Å². The molecule has 0 N–H and O–H groups in total. The molecule has 3 rings (SSSR count). The summed E-state index contributed by atoms with van der Waals surface area (Å²) in [6, 6.07) is 7.75. The van der Waals surface area contributed by atoms with Gasteiger partial charge in [-0.25, -0.2) is 12.7 Å². The molecular weight excluding hydrogens is 416 g/mol. The van der Waals surface area contributed by atoms with Gasteiger partial charge >= 0.3 is 0 Å². The van der Waals surface area contributed by atoms with Gasteiger partial charge in [0.05, 0.1) is 10.6 Å². The van der Waals surface area contributed by atoms with Crippen molar-refractivity contribution >= 4 is 27.7 Å². The summed E-state index contributed by atoms with van der Waals surface area (Å²) in [5.74, 6) is 1.25. The number of hydrogen-bond acceptors (Lipinski definition) is 4. The Balaban J connectivity index is 1.56. The van der Waals surface area contributed by atoms with Crippen molar-refractivity contribution in [3.8, 4) is 0 Å². The van der Waals surface area contributed by atoms with Gasteiger partial charge in [0.2, 0.25) is 10.0 Å². The van der Waals surface area contributed by atoms with E-state index in [1.54, 1.807) is 4.31 Å². The van der Waals surface area contributed by atoms with Gasteiger partial charge in [-0.1, -0.05) is 56.7 Å². The number of thioether (sulfide) groups is 1. The molecule has 2 fully saturated rings. The second-order valence-electron chi connectivity index (χ2n) is 8.60. The van der Waals surface area contributed by atoms with Crippen LogP contribution in [0.15, 0.2) is 24.3 Å². The second-order valence-corrected chi connectivity index (χ2v) is 12.1. The molecule has 0 radical (unpaired) electrons. The van der Waals surface area contributed by atoms with E-state index in [0.717, 1.165) is 42.7 Å². The van der Waals surface area contributed by atoms with Crippen LogP contribution >= 0.6 is 11.8 Å². The van der Waals surface area contributed by atoms with Crippen LogP contribution in [0.1, 0.15) is 74.2 Å². The van der Waals surface area contributed by atoms with Crippen LogP contribution in [0.5, 0.6) is 0 Å². The predicted molar refractivity (Wildman–Crippen MR) is 125 cm³/mol. The Morgan fingerprint density at radius 1 is 1.07 bits per heavy atom. The number of benzene rings is 1. The molecule has 5 nitrogen and oxygen atoms in total. The van der Waals surface area contributed by atoms with Gasteiger partial charge in [-0.2, -0.15) is 0 Å². The molecule has 0 unspecified atom stereocenters. The minimum Gasteiger partial charge on any atom is -0.323 e. The van der Waals surface area contributed by atoms with Gasteiger partial charge in [0, 0.05) is 31.0 Å². The quantitative estimate of drug-likeness (QED) is 0.511. The first-order valence-electron chi connectivity index (χ1n) is 11.4. The molecule has 2 heterocycles. The van der Waals surface area contributed by atoms with E-state index in [2.05, 4.69) is 6.92 Å². The van der Waals surface area contributed by atoms with Crippen LogP contribution in [0, 0.1) is 6.92 Å². The highest BCUT2D eigenvalue weighted by Crippen LogP contribution is 2.45. The Labute approximate surface area is 186 Å². The van der Waals surface area contributed by atoms with Gasteiger partial charge in [-0.15, -0.1) is 11.8 Å². The summed E-state index contributed by atoms with van der Waals surface area (Å²) in [6.07, 6.45) is 7.93. The Hall–Kier alpha value is -1.05. The van der Waals surface area contributed by atoms with Crippen LogP contribution in [0.3, 0.4) is 0 Å². The number of aryl methyl sites for hydroxylation is 1. The first-order valence-corrected chi connectivity index (χ1v) is 14.0. The van der Waals surface area contributed by atoms with Gasteiger partial charge < -0.3 is 4.90 Å². The summed E-state index contributed by atoms with van der Waals surface area (Å²) in [6.45, 7) is 5.96. The summed E-state index contributed by atoms with van der Waals surface area (Å²) >= 11 is 1.83. The molecule has 1 aromatic rings. The Kier molecular flexibility index (Phi) is 8.27. The van der Waals surface area contributed by atoms with Crippen LogP contribution in [-0.4, -0.2) is 59.5 Å². The first-order chi connectivity index (χ1) is 14.4. The maximum absolute atomic E-state index is 13.2. The van der Waals surface area contributed by atoms with Crippen molar-refractivity contribution in [2.24, 2.45) is 0 Å². The minimum atomic E-state index is -3.20. The third-order valence-electron chi connectivity index (χ3n) is 6.34. The molecule has 2 aliphatic heterocycles. The van der Waals surface area contributed by atoms with Crippen molar-refractivity contribution in [1.82, 2.24) is 9.21 Å². The number of carbonyl (C=O) groups is 1. The summed E-state index contributed by atoms with van der Waals surface area (Å²) in [4.78, 5) is 14.9. The predicted octanol–water partition coefficient (Wildman–Crippen LogP) is 4.67. The van der Waals surface area contributed by atoms with Gasteiger partial charge in [-0.05, 0) is 38.3 Å². The zero-order chi connectivity index (χ0) is 21.6. The summed E-state index contributed by atoms with van der Waals surface area (Å²) in [5.41, 5.74) is 1.81. The zero-order valence-corrected chi connectivity index (χ0v) is 20.1. The fraction of sp³-hybridized carbons (Fsp3) is 0.696. The normalized spacial score (nSPS) is 19.5. The molecule has 2 aliphatic rings. The lowest BCUT2D eigenvalue weighted by molar-refractivity contribution is 0.0605. The topological polar surface area (TPSA) is 57.7 Å². The van der Waals surface area contributed by atoms with E-state index in [1.807, 2.05) is 47.9 Å². The number of sulfonamides is 1. The van der Waals surface area contributed by atoms with Crippen LogP contribution < -0.4 is 0 Å². The zero-order valence-electron chi connectivity index (χ0n) is 18.4. The molecule has 1 aromatic carbocycles. The van der Waals surface area contributed by atoms with Gasteiger partial charge in [0.1, 0.15) is 0 Å². The standard InChI is InChI=1S/C23H36N2O3S2/c1-3-4-5-6-7-8-18-30(27,28)24-14-12-23(13-15-24)25(16-17-29-23)22(26)21-11-9-10-20(2)19-21/h9-11,19H,3-8,12-18H2,1-2H3. The average molecular weight is 453 g/mol. The highest BCUT2D eigenvalue weighted by Gasteiger charge is 2.47. The third kappa shape index (κ3) is 5.60. The molecule has 0 atom stereocenters. The minimum absolute atomic E-state index is 0.0760. The Bertz CT molecular complexity index is 817. The van der Waals surface area contributed by atoms with Crippen LogP contribution in [0.4, 0.5) is 0 Å². The van der Waals surface area contributed by atoms with E-state index >= 15 is 0 Å². The smallest absolute Gasteiger partial charge is 0.255 e. The molecule has 0 saturated carbocycles. The van der Waals surface area contributed by atoms with Crippen LogP contribution in [-0.2, 0) is 10.0 Å². The fourth-order valence-corrected chi connectivity index (χ4v) is 7.57. The SMILES string of the molecule is CCCCCCCCS(=O)(=O)N1CCC2(CC1)SCCN2C(=O)c1cccc(C)c1. The van der Waals surface area contributed by atoms with E-state index in [4.69, 9.17) is 0 Å². The van der Waals surface area contributed by atoms with E-state index < -0.39 is 10.0 Å². The highest BCUT2D eigenvalue weighted by atomic mass is 32.2. The Morgan fingerprint density at radius 2 is 1.77 bits per heavy atom. The number of nitrogens with zero attached hydrogens (tertiary/aromatic N) is 2. The number of rotatable bonds is 9. The van der Waals surface area contributed by atoms with E-state index in [-0.39, 0.29) is 16.5 Å². The lowest BCUT2D eigenvalue weighted by atomic mass is 10.0. The number of amides is 1. The molecule has 1 spiro atoms.